The third-order valence-electron chi connectivity index (χ3n) is 2.58. The lowest BCUT2D eigenvalue weighted by atomic mass is 10.2. The van der Waals surface area contributed by atoms with Crippen LogP contribution in [0.2, 0.25) is 0 Å². The van der Waals surface area contributed by atoms with Crippen molar-refractivity contribution in [2.45, 2.75) is 26.3 Å². The maximum atomic E-state index is 11.7. The molecular formula is C13H21N3O2S. The van der Waals surface area contributed by atoms with Crippen LogP contribution >= 0.6 is 11.8 Å². The van der Waals surface area contributed by atoms with Crippen molar-refractivity contribution >= 4 is 29.2 Å². The minimum absolute atomic E-state index is 0.290. The van der Waals surface area contributed by atoms with E-state index in [1.54, 1.807) is 24.8 Å². The van der Waals surface area contributed by atoms with Gasteiger partial charge in [-0.05, 0) is 38.3 Å². The molecule has 19 heavy (non-hydrogen) atoms. The Hall–Kier alpha value is -1.43. The Bertz CT molecular complexity index is 426. The van der Waals surface area contributed by atoms with Crippen molar-refractivity contribution in [1.82, 2.24) is 4.98 Å². The van der Waals surface area contributed by atoms with Crippen molar-refractivity contribution in [2.75, 3.05) is 29.7 Å². The van der Waals surface area contributed by atoms with Gasteiger partial charge in [-0.2, -0.15) is 11.8 Å². The first kappa shape index (κ1) is 15.6. The summed E-state index contributed by atoms with van der Waals surface area (Å²) in [6.07, 6.45) is 4.59. The van der Waals surface area contributed by atoms with Crippen LogP contribution in [0.1, 0.15) is 30.6 Å². The van der Waals surface area contributed by atoms with Crippen LogP contribution in [-0.2, 0) is 4.74 Å². The van der Waals surface area contributed by atoms with Crippen molar-refractivity contribution in [1.29, 1.82) is 0 Å². The first-order valence-corrected chi connectivity index (χ1v) is 7.66. The lowest BCUT2D eigenvalue weighted by molar-refractivity contribution is 0.0527. The van der Waals surface area contributed by atoms with Gasteiger partial charge in [-0.25, -0.2) is 9.78 Å². The Morgan fingerprint density at radius 2 is 2.37 bits per heavy atom. The molecule has 0 aromatic carbocycles. The van der Waals surface area contributed by atoms with Gasteiger partial charge in [0.15, 0.2) is 0 Å². The molecule has 1 aromatic rings. The minimum atomic E-state index is -0.415. The van der Waals surface area contributed by atoms with E-state index >= 15 is 0 Å². The number of nitrogens with zero attached hydrogens (tertiary/aromatic N) is 1. The first-order valence-electron chi connectivity index (χ1n) is 6.26. The van der Waals surface area contributed by atoms with Crippen LogP contribution in [-0.4, -0.2) is 35.6 Å². The number of nitrogen functional groups attached to an aromatic ring is 1. The van der Waals surface area contributed by atoms with Gasteiger partial charge in [-0.1, -0.05) is 0 Å². The predicted octanol–water partition coefficient (Wildman–Crippen LogP) is 2.39. The Balaban J connectivity index is 2.75. The number of aromatic nitrogens is 1. The van der Waals surface area contributed by atoms with Gasteiger partial charge in [0, 0.05) is 6.04 Å². The average Bonchev–Trinajstić information content (AvgIpc) is 2.39. The van der Waals surface area contributed by atoms with Crippen LogP contribution in [0.3, 0.4) is 0 Å². The summed E-state index contributed by atoms with van der Waals surface area (Å²) in [6.45, 7) is 4.17. The molecule has 0 aliphatic carbocycles. The van der Waals surface area contributed by atoms with Gasteiger partial charge >= 0.3 is 5.97 Å². The second-order valence-electron chi connectivity index (χ2n) is 4.20. The summed E-state index contributed by atoms with van der Waals surface area (Å²) in [5, 5.41) is 3.25. The number of thioether (sulfide) groups is 1. The number of pyridine rings is 1. The van der Waals surface area contributed by atoms with Gasteiger partial charge < -0.3 is 15.8 Å². The van der Waals surface area contributed by atoms with E-state index in [1.807, 2.05) is 0 Å². The summed E-state index contributed by atoms with van der Waals surface area (Å²) in [5.74, 6) is 1.31. The number of anilines is 2. The third-order valence-corrected chi connectivity index (χ3v) is 3.22. The SMILES string of the molecule is CCOC(=O)c1cc(NC(C)CCSC)ncc1N. The first-order chi connectivity index (χ1) is 9.08. The number of hydrogen-bond acceptors (Lipinski definition) is 6. The lowest BCUT2D eigenvalue weighted by Crippen LogP contribution is -2.18. The minimum Gasteiger partial charge on any atom is -0.462 e. The molecule has 0 amide bonds. The highest BCUT2D eigenvalue weighted by molar-refractivity contribution is 7.98. The molecule has 1 rings (SSSR count). The number of carbonyl (C=O) groups is 1. The van der Waals surface area contributed by atoms with E-state index in [1.165, 1.54) is 6.20 Å². The number of carbonyl (C=O) groups excluding carboxylic acids is 1. The van der Waals surface area contributed by atoms with Crippen molar-refractivity contribution in [3.8, 4) is 0 Å². The molecule has 1 heterocycles. The summed E-state index contributed by atoms with van der Waals surface area (Å²) < 4.78 is 4.96. The Kier molecular flexibility index (Phi) is 6.49. The highest BCUT2D eigenvalue weighted by atomic mass is 32.2. The number of hydrogen-bond donors (Lipinski definition) is 2. The third kappa shape index (κ3) is 4.98. The van der Waals surface area contributed by atoms with E-state index in [-0.39, 0.29) is 0 Å². The highest BCUT2D eigenvalue weighted by Crippen LogP contribution is 2.17. The van der Waals surface area contributed by atoms with Crippen molar-refractivity contribution < 1.29 is 9.53 Å². The van der Waals surface area contributed by atoms with Crippen molar-refractivity contribution in [2.24, 2.45) is 0 Å². The molecule has 106 valence electrons. The molecule has 0 saturated carbocycles. The fourth-order valence-corrected chi connectivity index (χ4v) is 2.14. The molecule has 0 spiro atoms. The monoisotopic (exact) mass is 283 g/mol. The lowest BCUT2D eigenvalue weighted by Gasteiger charge is -2.15. The Morgan fingerprint density at radius 3 is 3.00 bits per heavy atom. The fourth-order valence-electron chi connectivity index (χ4n) is 1.55. The number of esters is 1. The molecular weight excluding hydrogens is 262 g/mol. The molecule has 1 aromatic heterocycles. The molecule has 0 bridgehead atoms. The number of rotatable bonds is 7. The quantitative estimate of drug-likeness (QED) is 0.748. The van der Waals surface area contributed by atoms with E-state index in [0.717, 1.165) is 12.2 Å². The maximum absolute atomic E-state index is 11.7. The molecule has 0 saturated heterocycles. The van der Waals surface area contributed by atoms with Crippen molar-refractivity contribution in [3.05, 3.63) is 17.8 Å². The van der Waals surface area contributed by atoms with Crippen LogP contribution in [0.4, 0.5) is 11.5 Å². The molecule has 6 heteroatoms. The zero-order chi connectivity index (χ0) is 14.3. The summed E-state index contributed by atoms with van der Waals surface area (Å²) >= 11 is 1.80. The van der Waals surface area contributed by atoms with Gasteiger partial charge in [-0.15, -0.1) is 0 Å². The van der Waals surface area contributed by atoms with Crippen LogP contribution in [0.25, 0.3) is 0 Å². The van der Waals surface area contributed by atoms with E-state index in [0.29, 0.717) is 29.7 Å². The van der Waals surface area contributed by atoms with Gasteiger partial charge in [-0.3, -0.25) is 0 Å². The zero-order valence-electron chi connectivity index (χ0n) is 11.6. The average molecular weight is 283 g/mol. The predicted molar refractivity (Wildman–Crippen MR) is 80.7 cm³/mol. The number of nitrogens with one attached hydrogen (secondary N) is 1. The van der Waals surface area contributed by atoms with Gasteiger partial charge in [0.1, 0.15) is 5.82 Å². The maximum Gasteiger partial charge on any atom is 0.340 e. The summed E-state index contributed by atoms with van der Waals surface area (Å²) in [7, 11) is 0. The topological polar surface area (TPSA) is 77.2 Å². The molecule has 1 atom stereocenters. The van der Waals surface area contributed by atoms with E-state index in [4.69, 9.17) is 10.5 Å². The summed E-state index contributed by atoms with van der Waals surface area (Å²) in [4.78, 5) is 15.9. The molecule has 0 fully saturated rings. The molecule has 5 nitrogen and oxygen atoms in total. The van der Waals surface area contributed by atoms with Gasteiger partial charge in [0.05, 0.1) is 24.1 Å². The molecule has 0 radical (unpaired) electrons. The highest BCUT2D eigenvalue weighted by Gasteiger charge is 2.13. The largest absolute Gasteiger partial charge is 0.462 e. The smallest absolute Gasteiger partial charge is 0.340 e. The van der Waals surface area contributed by atoms with E-state index in [2.05, 4.69) is 23.5 Å². The molecule has 0 aliphatic rings. The molecule has 3 N–H and O–H groups in total. The van der Waals surface area contributed by atoms with Crippen LogP contribution in [0, 0.1) is 0 Å². The van der Waals surface area contributed by atoms with E-state index in [9.17, 15) is 4.79 Å². The fraction of sp³-hybridized carbons (Fsp3) is 0.538. The van der Waals surface area contributed by atoms with Crippen LogP contribution in [0.5, 0.6) is 0 Å². The second kappa shape index (κ2) is 7.89. The van der Waals surface area contributed by atoms with Gasteiger partial charge in [0.2, 0.25) is 0 Å². The normalized spacial score (nSPS) is 11.9. The summed E-state index contributed by atoms with van der Waals surface area (Å²) in [5.41, 5.74) is 6.43. The summed E-state index contributed by atoms with van der Waals surface area (Å²) in [6, 6.07) is 1.93. The Labute approximate surface area is 118 Å². The van der Waals surface area contributed by atoms with E-state index < -0.39 is 5.97 Å². The number of ether oxygens (including phenoxy) is 1. The molecule has 0 aliphatic heterocycles. The second-order valence-corrected chi connectivity index (χ2v) is 5.19. The van der Waals surface area contributed by atoms with Gasteiger partial charge in [0.25, 0.3) is 0 Å². The Morgan fingerprint density at radius 1 is 1.63 bits per heavy atom. The van der Waals surface area contributed by atoms with Crippen molar-refractivity contribution in [3.63, 3.8) is 0 Å². The van der Waals surface area contributed by atoms with Crippen LogP contribution in [0.15, 0.2) is 12.3 Å². The molecule has 1 unspecified atom stereocenters. The van der Waals surface area contributed by atoms with Crippen LogP contribution < -0.4 is 11.1 Å². The number of nitrogens with two attached hydrogens (primary N) is 1. The zero-order valence-corrected chi connectivity index (χ0v) is 12.4. The standard InChI is InChI=1S/C13H21N3O2S/c1-4-18-13(17)10-7-12(15-8-11(10)14)16-9(2)5-6-19-3/h7-9H,4-6,14H2,1-3H3,(H,15,16).